The lowest BCUT2D eigenvalue weighted by Crippen LogP contribution is -2.66. The largest absolute Gasteiger partial charge is 0.378 e. The maximum absolute atomic E-state index is 14.9. The minimum Gasteiger partial charge on any atom is -0.378 e. The van der Waals surface area contributed by atoms with Gasteiger partial charge in [0.1, 0.15) is 0 Å². The fourth-order valence-corrected chi connectivity index (χ4v) is 4.50. The zero-order valence-corrected chi connectivity index (χ0v) is 11.0. The first-order valence-corrected chi connectivity index (χ1v) is 6.32. The van der Waals surface area contributed by atoms with Gasteiger partial charge in [-0.3, -0.25) is 0 Å². The molecule has 3 aliphatic carbocycles. The zero-order chi connectivity index (χ0) is 16.3. The van der Waals surface area contributed by atoms with E-state index in [9.17, 15) is 35.1 Å². The van der Waals surface area contributed by atoms with E-state index in [-0.39, 0.29) is 0 Å². The summed E-state index contributed by atoms with van der Waals surface area (Å²) in [6.45, 7) is 1.14. The topological polar surface area (TPSA) is 9.23 Å². The molecular formula is C12H12F8O. The Hall–Kier alpha value is -0.600. The monoisotopic (exact) mass is 324 g/mol. The maximum atomic E-state index is 14.9. The van der Waals surface area contributed by atoms with Crippen LogP contribution in [0.2, 0.25) is 0 Å². The van der Waals surface area contributed by atoms with Crippen LogP contribution in [-0.4, -0.2) is 41.8 Å². The molecular weight excluding hydrogens is 312 g/mol. The van der Waals surface area contributed by atoms with Gasteiger partial charge >= 0.3 is 17.8 Å². The second-order valence-corrected chi connectivity index (χ2v) is 6.35. The van der Waals surface area contributed by atoms with Crippen molar-refractivity contribution >= 4 is 0 Å². The van der Waals surface area contributed by atoms with Crippen molar-refractivity contribution < 1.29 is 39.9 Å². The summed E-state index contributed by atoms with van der Waals surface area (Å²) in [7, 11) is 1.02. The molecule has 0 amide bonds. The van der Waals surface area contributed by atoms with E-state index < -0.39 is 59.4 Å². The first-order valence-electron chi connectivity index (χ1n) is 6.32. The predicted octanol–water partition coefficient (Wildman–Crippen LogP) is 3.77. The summed E-state index contributed by atoms with van der Waals surface area (Å²) in [6, 6.07) is 0. The minimum atomic E-state index is -6.10. The van der Waals surface area contributed by atoms with Crippen LogP contribution in [0.15, 0.2) is 0 Å². The Kier molecular flexibility index (Phi) is 2.43. The van der Waals surface area contributed by atoms with Gasteiger partial charge in [0.2, 0.25) is 11.3 Å². The van der Waals surface area contributed by atoms with Gasteiger partial charge in [-0.25, -0.2) is 8.78 Å². The average molecular weight is 324 g/mol. The predicted molar refractivity (Wildman–Crippen MR) is 54.1 cm³/mol. The normalized spacial score (nSPS) is 55.7. The number of fused-ring (bicyclic) bond motifs is 5. The van der Waals surface area contributed by atoms with Crippen LogP contribution in [0.5, 0.6) is 0 Å². The molecule has 2 bridgehead atoms. The molecule has 3 saturated carbocycles. The summed E-state index contributed by atoms with van der Waals surface area (Å²) in [5.74, 6) is -21.7. The Morgan fingerprint density at radius 2 is 1.29 bits per heavy atom. The molecule has 0 aromatic carbocycles. The van der Waals surface area contributed by atoms with Crippen LogP contribution in [0.25, 0.3) is 0 Å². The molecule has 0 N–H and O–H groups in total. The molecule has 0 radical (unpaired) electrons. The van der Waals surface area contributed by atoms with Gasteiger partial charge in [-0.05, 0) is 19.8 Å². The first-order chi connectivity index (χ1) is 9.25. The Morgan fingerprint density at radius 3 is 1.76 bits per heavy atom. The van der Waals surface area contributed by atoms with Crippen LogP contribution < -0.4 is 0 Å². The van der Waals surface area contributed by atoms with E-state index in [2.05, 4.69) is 0 Å². The van der Waals surface area contributed by atoms with Crippen LogP contribution in [0.1, 0.15) is 19.8 Å². The molecule has 5 unspecified atom stereocenters. The lowest BCUT2D eigenvalue weighted by molar-refractivity contribution is -0.299. The van der Waals surface area contributed by atoms with Gasteiger partial charge in [0, 0.05) is 18.9 Å². The highest BCUT2D eigenvalue weighted by Gasteiger charge is 3.04. The van der Waals surface area contributed by atoms with E-state index in [0.29, 0.717) is 0 Å². The van der Waals surface area contributed by atoms with Crippen LogP contribution >= 0.6 is 0 Å². The van der Waals surface area contributed by atoms with Crippen molar-refractivity contribution in [1.29, 1.82) is 0 Å². The van der Waals surface area contributed by atoms with Gasteiger partial charge in [0.25, 0.3) is 0 Å². The first kappa shape index (κ1) is 15.3. The van der Waals surface area contributed by atoms with Gasteiger partial charge in [-0.15, -0.1) is 0 Å². The van der Waals surface area contributed by atoms with Crippen molar-refractivity contribution in [2.75, 3.05) is 7.11 Å². The number of alkyl halides is 8. The van der Waals surface area contributed by atoms with Gasteiger partial charge in [0.15, 0.2) is 0 Å². The van der Waals surface area contributed by atoms with Crippen LogP contribution in [0, 0.1) is 11.8 Å². The fourth-order valence-electron chi connectivity index (χ4n) is 4.50. The fraction of sp³-hybridized carbons (Fsp3) is 1.00. The summed E-state index contributed by atoms with van der Waals surface area (Å²) in [6.07, 6.45) is -1.20. The Labute approximate surface area is 114 Å². The lowest BCUT2D eigenvalue weighted by atomic mass is 9.68. The van der Waals surface area contributed by atoms with E-state index >= 15 is 0 Å². The molecule has 3 fully saturated rings. The van der Waals surface area contributed by atoms with Crippen molar-refractivity contribution in [3.05, 3.63) is 0 Å². The maximum Gasteiger partial charge on any atom is 0.378 e. The van der Waals surface area contributed by atoms with Crippen LogP contribution in [0.4, 0.5) is 35.1 Å². The molecule has 0 spiro atoms. The van der Waals surface area contributed by atoms with Crippen molar-refractivity contribution in [3.63, 3.8) is 0 Å². The van der Waals surface area contributed by atoms with E-state index in [1.54, 1.807) is 0 Å². The standard InChI is InChI=1S/C12H12F8O/c1-7(21-2)4-5-3-6(7)9(14)8(5,13)10(15,16)12(19,20)11(9,17)18/h5-6H,3-4H2,1-2H3. The van der Waals surface area contributed by atoms with Crippen LogP contribution in [-0.2, 0) is 4.74 Å². The highest BCUT2D eigenvalue weighted by molar-refractivity contribution is 5.40. The Bertz CT molecular complexity index is 507. The van der Waals surface area contributed by atoms with Crippen molar-refractivity contribution in [2.24, 2.45) is 11.8 Å². The summed E-state index contributed by atoms with van der Waals surface area (Å²) in [5.41, 5.74) is -11.0. The minimum absolute atomic E-state index is 0.516. The molecule has 0 saturated heterocycles. The Balaban J connectivity index is 2.29. The lowest BCUT2D eigenvalue weighted by Gasteiger charge is -2.47. The number of halogens is 8. The van der Waals surface area contributed by atoms with Crippen molar-refractivity contribution in [1.82, 2.24) is 0 Å². The van der Waals surface area contributed by atoms with E-state index in [0.717, 1.165) is 14.0 Å². The van der Waals surface area contributed by atoms with Gasteiger partial charge in [0.05, 0.1) is 5.60 Å². The number of hydrogen-bond acceptors (Lipinski definition) is 1. The summed E-state index contributed by atoms with van der Waals surface area (Å²) in [5, 5.41) is 0. The molecule has 9 heteroatoms. The van der Waals surface area contributed by atoms with E-state index in [4.69, 9.17) is 4.74 Å². The quantitative estimate of drug-likeness (QED) is 0.667. The Morgan fingerprint density at radius 1 is 0.810 bits per heavy atom. The molecule has 3 rings (SSSR count). The molecule has 0 aromatic heterocycles. The third kappa shape index (κ3) is 1.06. The molecule has 0 aromatic rings. The highest BCUT2D eigenvalue weighted by atomic mass is 19.4. The number of hydrogen-bond donors (Lipinski definition) is 0. The molecule has 1 nitrogen and oxygen atoms in total. The molecule has 122 valence electrons. The van der Waals surface area contributed by atoms with Crippen LogP contribution in [0.3, 0.4) is 0 Å². The number of rotatable bonds is 1. The summed E-state index contributed by atoms with van der Waals surface area (Å²) in [4.78, 5) is 0. The smallest absolute Gasteiger partial charge is 0.378 e. The molecule has 5 atom stereocenters. The van der Waals surface area contributed by atoms with E-state index in [1.807, 2.05) is 0 Å². The van der Waals surface area contributed by atoms with Gasteiger partial charge in [-0.2, -0.15) is 26.3 Å². The number of ether oxygens (including phenoxy) is 1. The van der Waals surface area contributed by atoms with Crippen molar-refractivity contribution in [3.8, 4) is 0 Å². The third-order valence-corrected chi connectivity index (χ3v) is 5.65. The molecule has 0 heterocycles. The zero-order valence-electron chi connectivity index (χ0n) is 11.0. The SMILES string of the molecule is COC1(C)CC2CC1C1(F)C(F)(F)C(F)(F)C(F)(F)C21F. The van der Waals surface area contributed by atoms with Gasteiger partial charge < -0.3 is 4.74 Å². The van der Waals surface area contributed by atoms with Crippen molar-refractivity contribution in [2.45, 2.75) is 54.5 Å². The highest BCUT2D eigenvalue weighted by Crippen LogP contribution is 2.80. The molecule has 3 aliphatic rings. The second-order valence-electron chi connectivity index (χ2n) is 6.35. The summed E-state index contributed by atoms with van der Waals surface area (Å²) < 4.78 is 116. The summed E-state index contributed by atoms with van der Waals surface area (Å²) >= 11 is 0. The molecule has 21 heavy (non-hydrogen) atoms. The second kappa shape index (κ2) is 3.33. The molecule has 0 aliphatic heterocycles. The van der Waals surface area contributed by atoms with E-state index in [1.165, 1.54) is 0 Å². The average Bonchev–Trinajstić information content (AvgIpc) is 2.86. The van der Waals surface area contributed by atoms with Gasteiger partial charge in [-0.1, -0.05) is 0 Å². The third-order valence-electron chi connectivity index (χ3n) is 5.65. The number of methoxy groups -OCH3 is 1.